The Labute approximate surface area is 120 Å². The highest BCUT2D eigenvalue weighted by atomic mass is 79.9. The molecule has 1 heterocycles. The van der Waals surface area contributed by atoms with Crippen LogP contribution < -0.4 is 5.73 Å². The van der Waals surface area contributed by atoms with E-state index >= 15 is 0 Å². The van der Waals surface area contributed by atoms with Crippen LogP contribution in [0.5, 0.6) is 0 Å². The number of nitrogens with one attached hydrogen (secondary N) is 1. The summed E-state index contributed by atoms with van der Waals surface area (Å²) < 4.78 is 0.955. The molecule has 0 aliphatic carbocycles. The summed E-state index contributed by atoms with van der Waals surface area (Å²) in [6.07, 6.45) is 0.979. The maximum absolute atomic E-state index is 6.01. The molecule has 0 atom stereocenters. The topological polar surface area (TPSA) is 54.7 Å². The maximum Gasteiger partial charge on any atom is 0.138 e. The number of hydrogen-bond donors (Lipinski definition) is 2. The normalized spacial score (nSPS) is 11.1. The lowest BCUT2D eigenvalue weighted by Crippen LogP contribution is -1.89. The van der Waals surface area contributed by atoms with E-state index in [1.165, 1.54) is 5.56 Å². The van der Waals surface area contributed by atoms with Gasteiger partial charge in [0, 0.05) is 10.0 Å². The molecule has 3 rings (SSSR count). The van der Waals surface area contributed by atoms with Crippen LogP contribution in [0.2, 0.25) is 0 Å². The second kappa shape index (κ2) is 4.70. The summed E-state index contributed by atoms with van der Waals surface area (Å²) in [4.78, 5) is 7.98. The van der Waals surface area contributed by atoms with E-state index in [0.29, 0.717) is 5.69 Å². The average Bonchev–Trinajstić information content (AvgIpc) is 2.82. The van der Waals surface area contributed by atoms with E-state index in [9.17, 15) is 0 Å². The highest BCUT2D eigenvalue weighted by molar-refractivity contribution is 9.10. The standard InChI is InChI=1S/C15H14BrN3/c1-2-9-5-3-4-6-11(9)15-18-13-8-10(16)7-12(17)14(13)19-15/h3-8H,2,17H2,1H3,(H,18,19). The molecular weight excluding hydrogens is 302 g/mol. The minimum Gasteiger partial charge on any atom is -0.397 e. The third-order valence-electron chi connectivity index (χ3n) is 3.23. The van der Waals surface area contributed by atoms with Crippen molar-refractivity contribution in [2.75, 3.05) is 5.73 Å². The number of imidazole rings is 1. The fourth-order valence-corrected chi connectivity index (χ4v) is 2.77. The average molecular weight is 316 g/mol. The van der Waals surface area contributed by atoms with Crippen molar-refractivity contribution in [3.63, 3.8) is 0 Å². The van der Waals surface area contributed by atoms with Gasteiger partial charge in [0.05, 0.1) is 11.2 Å². The van der Waals surface area contributed by atoms with Gasteiger partial charge in [-0.1, -0.05) is 47.1 Å². The second-order valence-corrected chi connectivity index (χ2v) is 5.40. The summed E-state index contributed by atoms with van der Waals surface area (Å²) in [7, 11) is 0. The van der Waals surface area contributed by atoms with Crippen molar-refractivity contribution >= 4 is 32.7 Å². The van der Waals surface area contributed by atoms with Gasteiger partial charge in [-0.3, -0.25) is 0 Å². The van der Waals surface area contributed by atoms with Crippen LogP contribution in [-0.4, -0.2) is 9.97 Å². The largest absolute Gasteiger partial charge is 0.397 e. The number of nitrogen functional groups attached to an aromatic ring is 1. The van der Waals surface area contributed by atoms with Gasteiger partial charge in [-0.05, 0) is 24.1 Å². The molecule has 0 saturated heterocycles. The quantitative estimate of drug-likeness (QED) is 0.698. The van der Waals surface area contributed by atoms with Crippen molar-refractivity contribution in [1.82, 2.24) is 9.97 Å². The number of anilines is 1. The highest BCUT2D eigenvalue weighted by Gasteiger charge is 2.10. The minimum absolute atomic E-state index is 0.681. The zero-order valence-corrected chi connectivity index (χ0v) is 12.2. The maximum atomic E-state index is 6.01. The number of H-pyrrole nitrogens is 1. The zero-order chi connectivity index (χ0) is 13.4. The molecule has 0 radical (unpaired) electrons. The number of fused-ring (bicyclic) bond motifs is 1. The Balaban J connectivity index is 2.23. The van der Waals surface area contributed by atoms with Gasteiger partial charge in [0.2, 0.25) is 0 Å². The van der Waals surface area contributed by atoms with Crippen LogP contribution >= 0.6 is 15.9 Å². The molecule has 0 bridgehead atoms. The molecule has 1 aromatic heterocycles. The second-order valence-electron chi connectivity index (χ2n) is 4.49. The number of aryl methyl sites for hydroxylation is 1. The lowest BCUT2D eigenvalue weighted by atomic mass is 10.1. The number of aromatic nitrogens is 2. The monoisotopic (exact) mass is 315 g/mol. The summed E-state index contributed by atoms with van der Waals surface area (Å²) in [6, 6.07) is 12.2. The molecule has 0 aliphatic rings. The smallest absolute Gasteiger partial charge is 0.138 e. The summed E-state index contributed by atoms with van der Waals surface area (Å²) in [6.45, 7) is 2.15. The third-order valence-corrected chi connectivity index (χ3v) is 3.69. The Kier molecular flexibility index (Phi) is 3.03. The molecule has 3 aromatic rings. The van der Waals surface area contributed by atoms with Gasteiger partial charge < -0.3 is 10.7 Å². The van der Waals surface area contributed by atoms with Crippen LogP contribution in [0.15, 0.2) is 40.9 Å². The number of benzene rings is 2. The number of nitrogens with two attached hydrogens (primary N) is 1. The molecule has 2 aromatic carbocycles. The van der Waals surface area contributed by atoms with E-state index in [0.717, 1.165) is 33.3 Å². The van der Waals surface area contributed by atoms with E-state index in [2.05, 4.69) is 51.0 Å². The van der Waals surface area contributed by atoms with E-state index < -0.39 is 0 Å². The van der Waals surface area contributed by atoms with Crippen LogP contribution in [0.1, 0.15) is 12.5 Å². The van der Waals surface area contributed by atoms with Gasteiger partial charge >= 0.3 is 0 Å². The van der Waals surface area contributed by atoms with Gasteiger partial charge in [0.15, 0.2) is 0 Å². The van der Waals surface area contributed by atoms with Crippen LogP contribution in [0.25, 0.3) is 22.4 Å². The van der Waals surface area contributed by atoms with Crippen molar-refractivity contribution in [1.29, 1.82) is 0 Å². The molecule has 0 spiro atoms. The zero-order valence-electron chi connectivity index (χ0n) is 10.6. The minimum atomic E-state index is 0.681. The van der Waals surface area contributed by atoms with Gasteiger partial charge in [-0.2, -0.15) is 0 Å². The fraction of sp³-hybridized carbons (Fsp3) is 0.133. The summed E-state index contributed by atoms with van der Waals surface area (Å²) in [5.41, 5.74) is 10.9. The molecule has 19 heavy (non-hydrogen) atoms. The first kappa shape index (κ1) is 12.2. The molecule has 0 saturated carbocycles. The molecule has 0 fully saturated rings. The van der Waals surface area contributed by atoms with Crippen molar-refractivity contribution in [3.8, 4) is 11.4 Å². The number of aromatic amines is 1. The number of halogens is 1. The van der Waals surface area contributed by atoms with Crippen LogP contribution in [-0.2, 0) is 6.42 Å². The Hall–Kier alpha value is -1.81. The van der Waals surface area contributed by atoms with Crippen molar-refractivity contribution in [2.45, 2.75) is 13.3 Å². The van der Waals surface area contributed by atoms with Gasteiger partial charge in [0.1, 0.15) is 11.3 Å². The van der Waals surface area contributed by atoms with Gasteiger partial charge in [-0.25, -0.2) is 4.98 Å². The Morgan fingerprint density at radius 2 is 2.05 bits per heavy atom. The molecule has 0 aliphatic heterocycles. The number of hydrogen-bond acceptors (Lipinski definition) is 2. The fourth-order valence-electron chi connectivity index (χ4n) is 2.29. The van der Waals surface area contributed by atoms with Gasteiger partial charge in [0.25, 0.3) is 0 Å². The molecule has 0 unspecified atom stereocenters. The third kappa shape index (κ3) is 2.12. The first-order valence-electron chi connectivity index (χ1n) is 6.22. The van der Waals surface area contributed by atoms with E-state index in [-0.39, 0.29) is 0 Å². The van der Waals surface area contributed by atoms with Crippen LogP contribution in [0.3, 0.4) is 0 Å². The number of nitrogens with zero attached hydrogens (tertiary/aromatic N) is 1. The predicted molar refractivity (Wildman–Crippen MR) is 83.0 cm³/mol. The molecule has 96 valence electrons. The van der Waals surface area contributed by atoms with E-state index in [1.54, 1.807) is 0 Å². The molecular formula is C15H14BrN3. The van der Waals surface area contributed by atoms with Gasteiger partial charge in [-0.15, -0.1) is 0 Å². The summed E-state index contributed by atoms with van der Waals surface area (Å²) in [5.74, 6) is 0.872. The van der Waals surface area contributed by atoms with Crippen molar-refractivity contribution in [2.24, 2.45) is 0 Å². The predicted octanol–water partition coefficient (Wildman–Crippen LogP) is 4.14. The van der Waals surface area contributed by atoms with E-state index in [4.69, 9.17) is 5.73 Å². The lowest BCUT2D eigenvalue weighted by molar-refractivity contribution is 1.13. The van der Waals surface area contributed by atoms with Crippen LogP contribution in [0.4, 0.5) is 5.69 Å². The first-order valence-corrected chi connectivity index (χ1v) is 7.01. The van der Waals surface area contributed by atoms with Crippen LogP contribution in [0, 0.1) is 0 Å². The summed E-state index contributed by atoms with van der Waals surface area (Å²) >= 11 is 3.45. The highest BCUT2D eigenvalue weighted by Crippen LogP contribution is 2.29. The Morgan fingerprint density at radius 3 is 2.84 bits per heavy atom. The first-order chi connectivity index (χ1) is 9.19. The summed E-state index contributed by atoms with van der Waals surface area (Å²) in [5, 5.41) is 0. The SMILES string of the molecule is CCc1ccccc1-c1nc2c(N)cc(Br)cc2[nH]1. The molecule has 3 N–H and O–H groups in total. The molecule has 4 heteroatoms. The Morgan fingerprint density at radius 1 is 1.26 bits per heavy atom. The van der Waals surface area contributed by atoms with Crippen molar-refractivity contribution in [3.05, 3.63) is 46.4 Å². The number of rotatable bonds is 2. The Bertz CT molecular complexity index is 746. The lowest BCUT2D eigenvalue weighted by Gasteiger charge is -2.03. The molecule has 3 nitrogen and oxygen atoms in total. The van der Waals surface area contributed by atoms with Crippen molar-refractivity contribution < 1.29 is 0 Å². The van der Waals surface area contributed by atoms with E-state index in [1.807, 2.05) is 18.2 Å². The molecule has 0 amide bonds.